The van der Waals surface area contributed by atoms with Gasteiger partial charge in [-0.2, -0.15) is 4.98 Å². The molecule has 1 aliphatic rings. The van der Waals surface area contributed by atoms with Crippen molar-refractivity contribution in [3.63, 3.8) is 0 Å². The van der Waals surface area contributed by atoms with Crippen molar-refractivity contribution in [3.05, 3.63) is 53.6 Å². The van der Waals surface area contributed by atoms with E-state index in [9.17, 15) is 0 Å². The summed E-state index contributed by atoms with van der Waals surface area (Å²) in [6.07, 6.45) is 3.19. The molecule has 1 fully saturated rings. The summed E-state index contributed by atoms with van der Waals surface area (Å²) in [6, 6.07) is 10.3. The number of nitrogens with one attached hydrogen (secondary N) is 1. The molecule has 0 unspecified atom stereocenters. The molecule has 3 aromatic heterocycles. The zero-order chi connectivity index (χ0) is 20.5. The standard InChI is InChI=1S/C21H19ClN6O2/c1-13-23-11-16(12-24-13)30-21-25-18-10-17(22)19(26-20(18)27-21)14-2-4-15(5-3-14)28-6-8-29-9-7-28/h2-5,10-12H,6-9H2,1H3,(H,25,26,27). The highest BCUT2D eigenvalue weighted by Crippen LogP contribution is 2.31. The molecule has 1 aliphatic heterocycles. The molecule has 1 saturated heterocycles. The van der Waals surface area contributed by atoms with Crippen molar-refractivity contribution >= 4 is 28.5 Å². The maximum Gasteiger partial charge on any atom is 0.301 e. The molecule has 9 heteroatoms. The second kappa shape index (κ2) is 7.89. The molecule has 1 aromatic carbocycles. The summed E-state index contributed by atoms with van der Waals surface area (Å²) < 4.78 is 11.1. The van der Waals surface area contributed by atoms with Gasteiger partial charge >= 0.3 is 6.01 Å². The van der Waals surface area contributed by atoms with E-state index in [4.69, 9.17) is 21.1 Å². The van der Waals surface area contributed by atoms with Crippen LogP contribution < -0.4 is 9.64 Å². The van der Waals surface area contributed by atoms with Gasteiger partial charge in [0.15, 0.2) is 11.4 Å². The molecular formula is C21H19ClN6O2. The Morgan fingerprint density at radius 3 is 2.53 bits per heavy atom. The van der Waals surface area contributed by atoms with Gasteiger partial charge in [0.05, 0.1) is 41.8 Å². The fourth-order valence-electron chi connectivity index (χ4n) is 3.34. The summed E-state index contributed by atoms with van der Waals surface area (Å²) in [7, 11) is 0. The van der Waals surface area contributed by atoms with Gasteiger partial charge in [-0.3, -0.25) is 0 Å². The first-order valence-corrected chi connectivity index (χ1v) is 9.99. The van der Waals surface area contributed by atoms with Crippen LogP contribution in [0, 0.1) is 6.92 Å². The SMILES string of the molecule is Cc1ncc(Oc2nc3nc(-c4ccc(N5CCOCC5)cc4)c(Cl)cc3[nH]2)cn1. The van der Waals surface area contributed by atoms with Crippen molar-refractivity contribution in [2.24, 2.45) is 0 Å². The zero-order valence-electron chi connectivity index (χ0n) is 16.3. The van der Waals surface area contributed by atoms with Gasteiger partial charge in [0, 0.05) is 24.3 Å². The highest BCUT2D eigenvalue weighted by atomic mass is 35.5. The molecule has 8 nitrogen and oxygen atoms in total. The number of pyridine rings is 1. The Hall–Kier alpha value is -3.23. The van der Waals surface area contributed by atoms with Crippen molar-refractivity contribution in [1.82, 2.24) is 24.9 Å². The maximum atomic E-state index is 6.52. The predicted molar refractivity (Wildman–Crippen MR) is 114 cm³/mol. The third-order valence-electron chi connectivity index (χ3n) is 4.89. The number of fused-ring (bicyclic) bond motifs is 1. The minimum Gasteiger partial charge on any atom is -0.422 e. The molecule has 0 amide bonds. The average molecular weight is 423 g/mol. The second-order valence-corrected chi connectivity index (χ2v) is 7.35. The third kappa shape index (κ3) is 3.79. The molecule has 30 heavy (non-hydrogen) atoms. The first kappa shape index (κ1) is 18.8. The number of imidazole rings is 1. The lowest BCUT2D eigenvalue weighted by Gasteiger charge is -2.28. The lowest BCUT2D eigenvalue weighted by atomic mass is 10.1. The van der Waals surface area contributed by atoms with E-state index in [0.717, 1.165) is 37.6 Å². The summed E-state index contributed by atoms with van der Waals surface area (Å²) in [5, 5.41) is 0.537. The molecule has 4 aromatic rings. The number of halogens is 1. The van der Waals surface area contributed by atoms with E-state index in [1.54, 1.807) is 18.5 Å². The first-order valence-electron chi connectivity index (χ1n) is 9.61. The summed E-state index contributed by atoms with van der Waals surface area (Å²) in [4.78, 5) is 22.7. The molecule has 5 rings (SSSR count). The quantitative estimate of drug-likeness (QED) is 0.531. The number of hydrogen-bond acceptors (Lipinski definition) is 7. The highest BCUT2D eigenvalue weighted by Gasteiger charge is 2.15. The topological polar surface area (TPSA) is 89.0 Å². The van der Waals surface area contributed by atoms with Crippen LogP contribution in [-0.2, 0) is 4.74 Å². The highest BCUT2D eigenvalue weighted by molar-refractivity contribution is 6.33. The number of rotatable bonds is 4. The Balaban J connectivity index is 1.41. The molecule has 0 bridgehead atoms. The molecular weight excluding hydrogens is 404 g/mol. The number of aromatic amines is 1. The Morgan fingerprint density at radius 1 is 1.07 bits per heavy atom. The van der Waals surface area contributed by atoms with Crippen LogP contribution in [0.5, 0.6) is 11.8 Å². The van der Waals surface area contributed by atoms with E-state index < -0.39 is 0 Å². The minimum absolute atomic E-state index is 0.306. The lowest BCUT2D eigenvalue weighted by Crippen LogP contribution is -2.36. The normalized spacial score (nSPS) is 14.3. The number of benzene rings is 1. The Labute approximate surface area is 177 Å². The number of hydrogen-bond donors (Lipinski definition) is 1. The van der Waals surface area contributed by atoms with Crippen LogP contribution in [-0.4, -0.2) is 51.2 Å². The van der Waals surface area contributed by atoms with Crippen molar-refractivity contribution < 1.29 is 9.47 Å². The van der Waals surface area contributed by atoms with E-state index in [0.29, 0.717) is 39.5 Å². The van der Waals surface area contributed by atoms with Crippen LogP contribution >= 0.6 is 11.6 Å². The van der Waals surface area contributed by atoms with Crippen LogP contribution in [0.2, 0.25) is 5.02 Å². The van der Waals surface area contributed by atoms with Crippen LogP contribution in [0.4, 0.5) is 5.69 Å². The molecule has 0 radical (unpaired) electrons. The molecule has 1 N–H and O–H groups in total. The van der Waals surface area contributed by atoms with Crippen LogP contribution in [0.1, 0.15) is 5.82 Å². The van der Waals surface area contributed by atoms with Crippen LogP contribution in [0.25, 0.3) is 22.4 Å². The van der Waals surface area contributed by atoms with Gasteiger partial charge in [0.2, 0.25) is 0 Å². The predicted octanol–water partition coefficient (Wildman–Crippen LogP) is 4.01. The van der Waals surface area contributed by atoms with Crippen LogP contribution in [0.15, 0.2) is 42.7 Å². The molecule has 4 heterocycles. The largest absolute Gasteiger partial charge is 0.422 e. The van der Waals surface area contributed by atoms with Gasteiger partial charge in [-0.1, -0.05) is 23.7 Å². The molecule has 0 aliphatic carbocycles. The number of aromatic nitrogens is 5. The van der Waals surface area contributed by atoms with Gasteiger partial charge < -0.3 is 19.4 Å². The summed E-state index contributed by atoms with van der Waals surface area (Å²) in [6.45, 7) is 5.11. The monoisotopic (exact) mass is 422 g/mol. The van der Waals surface area contributed by atoms with Gasteiger partial charge in [-0.25, -0.2) is 15.0 Å². The van der Waals surface area contributed by atoms with Gasteiger partial charge in [-0.05, 0) is 25.1 Å². The van der Waals surface area contributed by atoms with E-state index in [-0.39, 0.29) is 0 Å². The smallest absolute Gasteiger partial charge is 0.301 e. The van der Waals surface area contributed by atoms with Gasteiger partial charge in [0.25, 0.3) is 0 Å². The Kier molecular flexibility index (Phi) is 4.94. The van der Waals surface area contributed by atoms with E-state index in [2.05, 4.69) is 42.0 Å². The van der Waals surface area contributed by atoms with Crippen molar-refractivity contribution in [1.29, 1.82) is 0 Å². The number of H-pyrrole nitrogens is 1. The maximum absolute atomic E-state index is 6.52. The van der Waals surface area contributed by atoms with E-state index in [1.807, 2.05) is 19.1 Å². The number of ether oxygens (including phenoxy) is 2. The summed E-state index contributed by atoms with van der Waals surface area (Å²) in [5.74, 6) is 1.16. The fourth-order valence-corrected chi connectivity index (χ4v) is 3.60. The number of morpholine rings is 1. The van der Waals surface area contributed by atoms with Crippen molar-refractivity contribution in [2.75, 3.05) is 31.2 Å². The minimum atomic E-state index is 0.306. The third-order valence-corrected chi connectivity index (χ3v) is 5.18. The van der Waals surface area contributed by atoms with Crippen molar-refractivity contribution in [3.8, 4) is 23.0 Å². The first-order chi connectivity index (χ1) is 14.7. The van der Waals surface area contributed by atoms with Crippen molar-refractivity contribution in [2.45, 2.75) is 6.92 Å². The Bertz CT molecular complexity index is 1170. The Morgan fingerprint density at radius 2 is 1.80 bits per heavy atom. The molecule has 0 saturated carbocycles. The van der Waals surface area contributed by atoms with E-state index in [1.165, 1.54) is 0 Å². The number of anilines is 1. The fraction of sp³-hybridized carbons (Fsp3) is 0.238. The summed E-state index contributed by atoms with van der Waals surface area (Å²) in [5.41, 5.74) is 3.98. The molecule has 152 valence electrons. The molecule has 0 atom stereocenters. The van der Waals surface area contributed by atoms with E-state index >= 15 is 0 Å². The molecule has 0 spiro atoms. The number of aryl methyl sites for hydroxylation is 1. The second-order valence-electron chi connectivity index (χ2n) is 6.95. The van der Waals surface area contributed by atoms with Gasteiger partial charge in [-0.15, -0.1) is 0 Å². The van der Waals surface area contributed by atoms with Crippen LogP contribution in [0.3, 0.4) is 0 Å². The van der Waals surface area contributed by atoms with Gasteiger partial charge in [0.1, 0.15) is 5.82 Å². The summed E-state index contributed by atoms with van der Waals surface area (Å²) >= 11 is 6.52. The lowest BCUT2D eigenvalue weighted by molar-refractivity contribution is 0.122. The zero-order valence-corrected chi connectivity index (χ0v) is 17.1. The average Bonchev–Trinajstić information content (AvgIpc) is 3.16. The number of nitrogens with zero attached hydrogens (tertiary/aromatic N) is 5.